The molecule has 0 aliphatic carbocycles. The van der Waals surface area contributed by atoms with Crippen molar-refractivity contribution >= 4 is 0 Å². The van der Waals surface area contributed by atoms with Crippen LogP contribution in [0.3, 0.4) is 0 Å². The van der Waals surface area contributed by atoms with Crippen molar-refractivity contribution in [3.63, 3.8) is 0 Å². The van der Waals surface area contributed by atoms with E-state index in [0.717, 1.165) is 4.57 Å². The molecular formula is C10H14N2O6. The lowest BCUT2D eigenvalue weighted by Crippen LogP contribution is -2.35. The second kappa shape index (κ2) is 4.65. The number of hydrogen-bond acceptors (Lipinski definition) is 6. The Balaban J connectivity index is 2.42. The molecule has 18 heavy (non-hydrogen) atoms. The fraction of sp³-hybridized carbons (Fsp3) is 0.600. The molecule has 1 aliphatic rings. The SMILES string of the molecule is Cn1cc([C@@H]2O[C@H](CO)[C@H](O)[C@H]2O)c(=O)[nH]c1=O. The van der Waals surface area contributed by atoms with Gasteiger partial charge in [-0.25, -0.2) is 4.79 Å². The zero-order valence-electron chi connectivity index (χ0n) is 9.61. The number of aromatic amines is 1. The summed E-state index contributed by atoms with van der Waals surface area (Å²) in [4.78, 5) is 24.9. The number of hydrogen-bond donors (Lipinski definition) is 4. The highest BCUT2D eigenvalue weighted by Gasteiger charge is 2.44. The third kappa shape index (κ3) is 1.99. The van der Waals surface area contributed by atoms with Gasteiger partial charge in [-0.15, -0.1) is 0 Å². The normalized spacial score (nSPS) is 31.8. The van der Waals surface area contributed by atoms with E-state index in [4.69, 9.17) is 9.84 Å². The molecule has 1 aromatic rings. The van der Waals surface area contributed by atoms with Crippen molar-refractivity contribution in [3.8, 4) is 0 Å². The third-order valence-corrected chi connectivity index (χ3v) is 2.98. The number of aliphatic hydroxyl groups excluding tert-OH is 3. The van der Waals surface area contributed by atoms with Crippen LogP contribution in [-0.4, -0.2) is 49.8 Å². The summed E-state index contributed by atoms with van der Waals surface area (Å²) in [5.41, 5.74) is -1.25. The zero-order chi connectivity index (χ0) is 13.4. The number of H-pyrrole nitrogens is 1. The highest BCUT2D eigenvalue weighted by Crippen LogP contribution is 2.31. The molecule has 0 amide bonds. The summed E-state index contributed by atoms with van der Waals surface area (Å²) in [6.07, 6.45) is -3.41. The van der Waals surface area contributed by atoms with Crippen LogP contribution in [0.2, 0.25) is 0 Å². The molecule has 8 heteroatoms. The van der Waals surface area contributed by atoms with Gasteiger partial charge in [0.25, 0.3) is 5.56 Å². The molecule has 0 spiro atoms. The van der Waals surface area contributed by atoms with Crippen molar-refractivity contribution in [1.29, 1.82) is 0 Å². The summed E-state index contributed by atoms with van der Waals surface area (Å²) in [6, 6.07) is 0. The summed E-state index contributed by atoms with van der Waals surface area (Å²) in [7, 11) is 1.43. The minimum absolute atomic E-state index is 0.0274. The van der Waals surface area contributed by atoms with Crippen molar-refractivity contribution in [1.82, 2.24) is 9.55 Å². The molecule has 8 nitrogen and oxygen atoms in total. The van der Waals surface area contributed by atoms with Gasteiger partial charge in [-0.3, -0.25) is 9.78 Å². The number of nitrogens with one attached hydrogen (secondary N) is 1. The Morgan fingerprint density at radius 3 is 2.61 bits per heavy atom. The third-order valence-electron chi connectivity index (χ3n) is 2.98. The fourth-order valence-electron chi connectivity index (χ4n) is 1.94. The second-order valence-electron chi connectivity index (χ2n) is 4.21. The smallest absolute Gasteiger partial charge is 0.328 e. The fourth-order valence-corrected chi connectivity index (χ4v) is 1.94. The van der Waals surface area contributed by atoms with E-state index >= 15 is 0 Å². The van der Waals surface area contributed by atoms with Crippen molar-refractivity contribution in [2.24, 2.45) is 7.05 Å². The van der Waals surface area contributed by atoms with E-state index in [1.165, 1.54) is 13.2 Å². The molecule has 1 saturated heterocycles. The first kappa shape index (κ1) is 13.0. The van der Waals surface area contributed by atoms with Crippen molar-refractivity contribution in [2.45, 2.75) is 24.4 Å². The topological polar surface area (TPSA) is 125 Å². The largest absolute Gasteiger partial charge is 0.394 e. The Hall–Kier alpha value is -1.48. The number of aryl methyl sites for hydroxylation is 1. The van der Waals surface area contributed by atoms with E-state index in [9.17, 15) is 19.8 Å². The molecular weight excluding hydrogens is 244 g/mol. The maximum absolute atomic E-state index is 11.6. The summed E-state index contributed by atoms with van der Waals surface area (Å²) in [5.74, 6) is 0. The molecule has 0 radical (unpaired) electrons. The van der Waals surface area contributed by atoms with Crippen LogP contribution in [0.1, 0.15) is 11.7 Å². The van der Waals surface area contributed by atoms with Crippen LogP contribution >= 0.6 is 0 Å². The van der Waals surface area contributed by atoms with E-state index in [2.05, 4.69) is 4.98 Å². The summed E-state index contributed by atoms with van der Waals surface area (Å²) in [6.45, 7) is -0.474. The van der Waals surface area contributed by atoms with Crippen molar-refractivity contribution in [2.75, 3.05) is 6.61 Å². The predicted octanol–water partition coefficient (Wildman–Crippen LogP) is -2.77. The Labute approximate surface area is 101 Å². The molecule has 0 saturated carbocycles. The first-order chi connectivity index (χ1) is 8.45. The molecule has 1 aliphatic heterocycles. The van der Waals surface area contributed by atoms with E-state index in [1.54, 1.807) is 0 Å². The number of aliphatic hydroxyl groups is 3. The second-order valence-corrected chi connectivity index (χ2v) is 4.21. The Kier molecular flexibility index (Phi) is 3.35. The average molecular weight is 258 g/mol. The number of rotatable bonds is 2. The van der Waals surface area contributed by atoms with Crippen LogP contribution in [0.15, 0.2) is 15.8 Å². The summed E-state index contributed by atoms with van der Waals surface area (Å²) >= 11 is 0. The lowest BCUT2D eigenvalue weighted by atomic mass is 10.0. The highest BCUT2D eigenvalue weighted by atomic mass is 16.6. The van der Waals surface area contributed by atoms with Gasteiger partial charge in [0, 0.05) is 13.2 Å². The molecule has 4 N–H and O–H groups in total. The van der Waals surface area contributed by atoms with Crippen LogP contribution < -0.4 is 11.2 Å². The molecule has 4 atom stereocenters. The Bertz CT molecular complexity index is 550. The maximum Gasteiger partial charge on any atom is 0.328 e. The molecule has 0 unspecified atom stereocenters. The number of ether oxygens (including phenoxy) is 1. The lowest BCUT2D eigenvalue weighted by molar-refractivity contribution is -0.0233. The van der Waals surface area contributed by atoms with E-state index in [-0.39, 0.29) is 5.56 Å². The minimum atomic E-state index is -1.33. The number of nitrogens with zero attached hydrogens (tertiary/aromatic N) is 1. The standard InChI is InChI=1S/C10H14N2O6/c1-12-2-4(9(16)11-10(12)17)8-7(15)6(14)5(3-13)18-8/h2,5-8,13-15H,3H2,1H3,(H,11,16,17)/t5-,6+,7-,8+/m1/s1. The van der Waals surface area contributed by atoms with Gasteiger partial charge in [0.1, 0.15) is 24.4 Å². The zero-order valence-corrected chi connectivity index (χ0v) is 9.61. The summed E-state index contributed by atoms with van der Waals surface area (Å²) in [5, 5.41) is 28.3. The molecule has 2 rings (SSSR count). The van der Waals surface area contributed by atoms with Gasteiger partial charge < -0.3 is 24.6 Å². The lowest BCUT2D eigenvalue weighted by Gasteiger charge is -2.14. The maximum atomic E-state index is 11.6. The molecule has 100 valence electrons. The molecule has 0 bridgehead atoms. The van der Waals surface area contributed by atoms with Crippen LogP contribution in [-0.2, 0) is 11.8 Å². The Morgan fingerprint density at radius 2 is 2.06 bits per heavy atom. The first-order valence-electron chi connectivity index (χ1n) is 5.38. The van der Waals surface area contributed by atoms with Crippen molar-refractivity contribution in [3.05, 3.63) is 32.6 Å². The quantitative estimate of drug-likeness (QED) is 0.455. The van der Waals surface area contributed by atoms with Gasteiger partial charge in [-0.05, 0) is 0 Å². The van der Waals surface area contributed by atoms with E-state index in [1.807, 2.05) is 0 Å². The van der Waals surface area contributed by atoms with Crippen LogP contribution in [0, 0.1) is 0 Å². The summed E-state index contributed by atoms with van der Waals surface area (Å²) < 4.78 is 6.34. The predicted molar refractivity (Wildman–Crippen MR) is 59.0 cm³/mol. The number of aromatic nitrogens is 2. The monoisotopic (exact) mass is 258 g/mol. The van der Waals surface area contributed by atoms with Crippen LogP contribution in [0.25, 0.3) is 0 Å². The highest BCUT2D eigenvalue weighted by molar-refractivity contribution is 5.14. The Morgan fingerprint density at radius 1 is 1.39 bits per heavy atom. The minimum Gasteiger partial charge on any atom is -0.394 e. The van der Waals surface area contributed by atoms with Gasteiger partial charge in [0.15, 0.2) is 0 Å². The van der Waals surface area contributed by atoms with E-state index in [0.29, 0.717) is 0 Å². The van der Waals surface area contributed by atoms with Crippen molar-refractivity contribution < 1.29 is 20.1 Å². The van der Waals surface area contributed by atoms with Gasteiger partial charge in [0.05, 0.1) is 12.2 Å². The van der Waals surface area contributed by atoms with Crippen LogP contribution in [0.5, 0.6) is 0 Å². The molecule has 2 heterocycles. The molecule has 0 aromatic carbocycles. The molecule has 1 fully saturated rings. The van der Waals surface area contributed by atoms with Gasteiger partial charge >= 0.3 is 5.69 Å². The molecule has 1 aromatic heterocycles. The van der Waals surface area contributed by atoms with Gasteiger partial charge in [-0.2, -0.15) is 0 Å². The van der Waals surface area contributed by atoms with Crippen LogP contribution in [0.4, 0.5) is 0 Å². The first-order valence-corrected chi connectivity index (χ1v) is 5.38. The average Bonchev–Trinajstić information content (AvgIpc) is 2.61. The van der Waals surface area contributed by atoms with Gasteiger partial charge in [-0.1, -0.05) is 0 Å². The van der Waals surface area contributed by atoms with Gasteiger partial charge in [0.2, 0.25) is 0 Å². The van der Waals surface area contributed by atoms with E-state index < -0.39 is 42.3 Å².